The lowest BCUT2D eigenvalue weighted by molar-refractivity contribution is 0.442. The Bertz CT molecular complexity index is 3130. The van der Waals surface area contributed by atoms with E-state index in [2.05, 4.69) is 187 Å². The molecular weight excluding hydrogens is 743 g/mol. The number of fused-ring (bicyclic) bond motifs is 8. The first-order chi connectivity index (χ1) is 29.8. The van der Waals surface area contributed by atoms with Crippen molar-refractivity contribution in [1.82, 2.24) is 19.9 Å². The number of nitrogen functional groups attached to an aromatic ring is 1. The molecule has 9 rings (SSSR count). The average Bonchev–Trinajstić information content (AvgIpc) is 4.12. The number of anilines is 1. The van der Waals surface area contributed by atoms with Crippen molar-refractivity contribution in [2.24, 2.45) is 0 Å². The maximum absolute atomic E-state index is 6.22. The van der Waals surface area contributed by atoms with E-state index in [0.717, 1.165) is 114 Å². The van der Waals surface area contributed by atoms with Crippen LogP contribution in [0.1, 0.15) is 81.0 Å². The lowest BCUT2D eigenvalue weighted by Gasteiger charge is -2.32. The first kappa shape index (κ1) is 39.0. The fraction of sp³-hybridized carbons (Fsp3) is 0.107. The van der Waals surface area contributed by atoms with Crippen LogP contribution >= 0.6 is 0 Å². The molecule has 5 nitrogen and oxygen atoms in total. The molecule has 1 aliphatic heterocycles. The Morgan fingerprint density at radius 2 is 0.689 bits per heavy atom. The van der Waals surface area contributed by atoms with Crippen LogP contribution in [0.2, 0.25) is 0 Å². The molecule has 0 fully saturated rings. The van der Waals surface area contributed by atoms with Gasteiger partial charge in [-0.15, -0.1) is 19.7 Å². The molecule has 6 N–H and O–H groups in total. The van der Waals surface area contributed by atoms with E-state index < -0.39 is 0 Å². The van der Waals surface area contributed by atoms with Crippen LogP contribution in [0.25, 0.3) is 22.3 Å². The summed E-state index contributed by atoms with van der Waals surface area (Å²) >= 11 is 0. The first-order valence-electron chi connectivity index (χ1n) is 21.0. The van der Waals surface area contributed by atoms with Crippen molar-refractivity contribution in [2.45, 2.75) is 38.5 Å². The molecule has 8 aromatic rings. The van der Waals surface area contributed by atoms with E-state index in [-0.39, 0.29) is 5.41 Å². The van der Waals surface area contributed by atoms with Gasteiger partial charge in [-0.3, -0.25) is 0 Å². The molecule has 0 saturated carbocycles. The third kappa shape index (κ3) is 7.40. The van der Waals surface area contributed by atoms with Gasteiger partial charge in [0.15, 0.2) is 0 Å². The zero-order valence-corrected chi connectivity index (χ0v) is 34.9. The Balaban J connectivity index is 1.37. The SMILES string of the molecule is C=CCC(CC=C)(CC=C)c1ccc(C2=c3ccc([nH]3)=C(c3ccc(C)cc3)c3ccc([nH]3)C(c3ccc(N)cc3)=c3ccc([nH]3)=C(c3ccc(C)cc3)c3ccc2[nH]3)cc1. The van der Waals surface area contributed by atoms with Crippen molar-refractivity contribution in [2.75, 3.05) is 5.73 Å². The van der Waals surface area contributed by atoms with Gasteiger partial charge in [-0.2, -0.15) is 0 Å². The number of H-pyrrole nitrogens is 4. The maximum Gasteiger partial charge on any atom is 0.0485 e. The van der Waals surface area contributed by atoms with Gasteiger partial charge in [0.25, 0.3) is 0 Å². The third-order valence-corrected chi connectivity index (χ3v) is 12.2. The highest BCUT2D eigenvalue weighted by molar-refractivity contribution is 5.85. The van der Waals surface area contributed by atoms with Crippen LogP contribution in [-0.4, -0.2) is 19.9 Å². The molecule has 300 valence electrons. The predicted molar refractivity (Wildman–Crippen MR) is 254 cm³/mol. The van der Waals surface area contributed by atoms with Crippen LogP contribution < -0.4 is 27.1 Å². The summed E-state index contributed by atoms with van der Waals surface area (Å²) in [4.78, 5) is 15.6. The van der Waals surface area contributed by atoms with Crippen LogP contribution in [0.3, 0.4) is 0 Å². The van der Waals surface area contributed by atoms with E-state index in [9.17, 15) is 0 Å². The third-order valence-electron chi connectivity index (χ3n) is 12.2. The number of aromatic nitrogens is 4. The summed E-state index contributed by atoms with van der Waals surface area (Å²) < 4.78 is 0. The van der Waals surface area contributed by atoms with Gasteiger partial charge in [-0.05, 0) is 122 Å². The average molecular weight is 794 g/mol. The van der Waals surface area contributed by atoms with E-state index in [1.165, 1.54) is 16.7 Å². The molecule has 5 heteroatoms. The lowest BCUT2D eigenvalue weighted by Crippen LogP contribution is -2.24. The number of nitrogens with two attached hydrogens (primary N) is 1. The summed E-state index contributed by atoms with van der Waals surface area (Å²) in [6, 6.07) is 52.3. The van der Waals surface area contributed by atoms with Gasteiger partial charge >= 0.3 is 0 Å². The van der Waals surface area contributed by atoms with Crippen LogP contribution in [0.5, 0.6) is 0 Å². The van der Waals surface area contributed by atoms with Crippen molar-refractivity contribution >= 4 is 28.0 Å². The number of hydrogen-bond donors (Lipinski definition) is 5. The van der Waals surface area contributed by atoms with Crippen molar-refractivity contribution in [1.29, 1.82) is 0 Å². The zero-order valence-electron chi connectivity index (χ0n) is 34.9. The molecule has 5 heterocycles. The monoisotopic (exact) mass is 793 g/mol. The van der Waals surface area contributed by atoms with Crippen molar-refractivity contribution in [3.05, 3.63) is 267 Å². The summed E-state index contributed by atoms with van der Waals surface area (Å²) in [6.07, 6.45) is 8.53. The quantitative estimate of drug-likeness (QED) is 0.0656. The van der Waals surface area contributed by atoms with E-state index in [1.54, 1.807) is 0 Å². The number of hydrogen-bond acceptors (Lipinski definition) is 1. The fourth-order valence-electron chi connectivity index (χ4n) is 9.08. The number of aromatic amines is 4. The molecule has 0 atom stereocenters. The van der Waals surface area contributed by atoms with E-state index in [0.29, 0.717) is 0 Å². The molecule has 4 aromatic heterocycles. The van der Waals surface area contributed by atoms with E-state index in [4.69, 9.17) is 5.73 Å². The molecule has 61 heavy (non-hydrogen) atoms. The Hall–Kier alpha value is -7.50. The Morgan fingerprint density at radius 1 is 0.393 bits per heavy atom. The van der Waals surface area contributed by atoms with Gasteiger partial charge in [-0.25, -0.2) is 0 Å². The van der Waals surface area contributed by atoms with Crippen molar-refractivity contribution in [3.63, 3.8) is 0 Å². The largest absolute Gasteiger partial charge is 0.399 e. The maximum atomic E-state index is 6.22. The molecule has 0 radical (unpaired) electrons. The lowest BCUT2D eigenvalue weighted by atomic mass is 9.72. The number of allylic oxidation sites excluding steroid dienone is 3. The topological polar surface area (TPSA) is 89.2 Å². The highest BCUT2D eigenvalue weighted by Gasteiger charge is 2.29. The minimum atomic E-state index is -0.154. The summed E-state index contributed by atoms with van der Waals surface area (Å²) in [5.41, 5.74) is 23.1. The molecule has 8 bridgehead atoms. The second-order valence-electron chi connectivity index (χ2n) is 16.3. The minimum Gasteiger partial charge on any atom is -0.399 e. The molecule has 0 amide bonds. The summed E-state index contributed by atoms with van der Waals surface area (Å²) in [5.74, 6) is 0. The summed E-state index contributed by atoms with van der Waals surface area (Å²) in [6.45, 7) is 16.6. The van der Waals surface area contributed by atoms with Crippen LogP contribution in [0.15, 0.2) is 184 Å². The second-order valence-corrected chi connectivity index (χ2v) is 16.3. The summed E-state index contributed by atoms with van der Waals surface area (Å²) in [7, 11) is 0. The van der Waals surface area contributed by atoms with Gasteiger partial charge in [0, 0.05) is 77.6 Å². The second kappa shape index (κ2) is 16.3. The number of nitrogens with one attached hydrogen (secondary N) is 4. The Kier molecular flexibility index (Phi) is 10.4. The van der Waals surface area contributed by atoms with Gasteiger partial charge in [0.1, 0.15) is 0 Å². The van der Waals surface area contributed by atoms with Crippen molar-refractivity contribution in [3.8, 4) is 0 Å². The number of aryl methyl sites for hydroxylation is 2. The Labute approximate surface area is 357 Å². The minimum absolute atomic E-state index is 0.154. The molecule has 1 aliphatic rings. The highest BCUT2D eigenvalue weighted by Crippen LogP contribution is 2.38. The summed E-state index contributed by atoms with van der Waals surface area (Å²) in [5, 5.41) is 4.00. The van der Waals surface area contributed by atoms with Gasteiger partial charge in [-0.1, -0.05) is 114 Å². The normalized spacial score (nSPS) is 12.8. The van der Waals surface area contributed by atoms with Gasteiger partial charge in [0.2, 0.25) is 0 Å². The van der Waals surface area contributed by atoms with E-state index >= 15 is 0 Å². The molecule has 0 aliphatic carbocycles. The molecule has 0 saturated heterocycles. The molecular formula is C56H51N5. The molecule has 0 unspecified atom stereocenters. The first-order valence-corrected chi connectivity index (χ1v) is 21.0. The molecule has 0 spiro atoms. The molecule has 4 aromatic carbocycles. The van der Waals surface area contributed by atoms with Crippen LogP contribution in [0.4, 0.5) is 5.69 Å². The number of rotatable bonds is 11. The smallest absolute Gasteiger partial charge is 0.0485 e. The standard InChI is InChI=1S/C56H51N5/c1-6-33-56(34-7-2,35-8-3)42-21-17-40(18-22-42)54-48-29-25-44(58-48)52(38-13-9-36(4)10-14-38)46-27-31-50(60-46)55(41-19-23-43(57)24-20-41)51-32-28-47(61-51)53(45-26-30-49(54)59-45)39-15-11-37(5)12-16-39/h6-32,58-61H,1-3,33-35,57H2,4-5H3. The Morgan fingerprint density at radius 3 is 1.00 bits per heavy atom. The van der Waals surface area contributed by atoms with Crippen LogP contribution in [0, 0.1) is 13.8 Å². The van der Waals surface area contributed by atoms with Crippen molar-refractivity contribution < 1.29 is 0 Å². The van der Waals surface area contributed by atoms with Crippen LogP contribution in [-0.2, 0) is 5.41 Å². The van der Waals surface area contributed by atoms with E-state index in [1.807, 2.05) is 30.4 Å². The number of benzene rings is 4. The zero-order chi connectivity index (χ0) is 42.1. The van der Waals surface area contributed by atoms with Gasteiger partial charge < -0.3 is 25.7 Å². The highest BCUT2D eigenvalue weighted by atomic mass is 14.8. The fourth-order valence-corrected chi connectivity index (χ4v) is 9.08. The van der Waals surface area contributed by atoms with Gasteiger partial charge in [0.05, 0.1) is 0 Å². The predicted octanol–water partition coefficient (Wildman–Crippen LogP) is 9.47.